The van der Waals surface area contributed by atoms with Gasteiger partial charge in [0.25, 0.3) is 5.69 Å². The molecule has 104 valence electrons. The summed E-state index contributed by atoms with van der Waals surface area (Å²) in [4.78, 5) is 10.5. The molecule has 2 rings (SSSR count). The van der Waals surface area contributed by atoms with Crippen molar-refractivity contribution in [1.29, 1.82) is 0 Å². The number of nitro benzene ring substituents is 1. The Bertz CT molecular complexity index is 769. The van der Waals surface area contributed by atoms with E-state index in [0.717, 1.165) is 17.4 Å². The Morgan fingerprint density at radius 2 is 1.60 bits per heavy atom. The number of sulfone groups is 1. The Balaban J connectivity index is 2.42. The van der Waals surface area contributed by atoms with E-state index in [2.05, 4.69) is 15.9 Å². The maximum absolute atomic E-state index is 11.4. The second-order valence-corrected chi connectivity index (χ2v) is 7.09. The smallest absolute Gasteiger partial charge is 0.258 e. The highest BCUT2D eigenvalue weighted by atomic mass is 79.9. The van der Waals surface area contributed by atoms with Crippen molar-refractivity contribution >= 4 is 31.5 Å². The van der Waals surface area contributed by atoms with Crippen molar-refractivity contribution in [3.63, 3.8) is 0 Å². The number of nitro groups is 1. The molecule has 0 atom stereocenters. The molecule has 0 aliphatic heterocycles. The van der Waals surface area contributed by atoms with E-state index >= 15 is 0 Å². The van der Waals surface area contributed by atoms with Crippen LogP contribution in [0.15, 0.2) is 51.8 Å². The number of rotatable bonds is 3. The van der Waals surface area contributed by atoms with Gasteiger partial charge in [-0.05, 0) is 51.3 Å². The summed E-state index contributed by atoms with van der Waals surface area (Å²) >= 11 is 3.15. The Morgan fingerprint density at radius 1 is 1.05 bits per heavy atom. The van der Waals surface area contributed by atoms with Crippen molar-refractivity contribution in [1.82, 2.24) is 0 Å². The molecule has 0 N–H and O–H groups in total. The van der Waals surface area contributed by atoms with Gasteiger partial charge in [0.15, 0.2) is 9.84 Å². The van der Waals surface area contributed by atoms with E-state index < -0.39 is 14.8 Å². The van der Waals surface area contributed by atoms with Crippen molar-refractivity contribution in [3.8, 4) is 11.1 Å². The van der Waals surface area contributed by atoms with Crippen LogP contribution in [0.3, 0.4) is 0 Å². The Kier molecular flexibility index (Phi) is 3.92. The number of benzene rings is 2. The molecule has 7 heteroatoms. The van der Waals surface area contributed by atoms with Crippen LogP contribution in [0.1, 0.15) is 0 Å². The molecule has 0 spiro atoms. The fourth-order valence-electron chi connectivity index (χ4n) is 1.73. The van der Waals surface area contributed by atoms with Crippen molar-refractivity contribution in [2.24, 2.45) is 0 Å². The third-order valence-corrected chi connectivity index (χ3v) is 4.52. The summed E-state index contributed by atoms with van der Waals surface area (Å²) in [5.74, 6) is 0. The summed E-state index contributed by atoms with van der Waals surface area (Å²) in [5, 5.41) is 10.7. The standard InChI is InChI=1S/C13H10BrNO4S/c1-20(18,19)11-5-2-9(3-6-11)10-4-7-13(15(16)17)12(14)8-10/h2-8H,1H3. The second-order valence-electron chi connectivity index (χ2n) is 4.22. The van der Waals surface area contributed by atoms with Gasteiger partial charge in [0.2, 0.25) is 0 Å². The molecule has 0 amide bonds. The fourth-order valence-corrected chi connectivity index (χ4v) is 2.88. The molecule has 0 saturated carbocycles. The first-order valence-corrected chi connectivity index (χ1v) is 8.22. The quantitative estimate of drug-likeness (QED) is 0.624. The zero-order valence-electron chi connectivity index (χ0n) is 10.4. The summed E-state index contributed by atoms with van der Waals surface area (Å²) in [7, 11) is -3.23. The minimum Gasteiger partial charge on any atom is -0.258 e. The normalized spacial score (nSPS) is 11.3. The molecule has 0 heterocycles. The third kappa shape index (κ3) is 3.05. The van der Waals surface area contributed by atoms with Gasteiger partial charge in [-0.1, -0.05) is 12.1 Å². The van der Waals surface area contributed by atoms with E-state index in [1.54, 1.807) is 24.3 Å². The summed E-state index contributed by atoms with van der Waals surface area (Å²) in [6, 6.07) is 11.0. The van der Waals surface area contributed by atoms with Gasteiger partial charge in [0.1, 0.15) is 0 Å². The lowest BCUT2D eigenvalue weighted by atomic mass is 10.1. The lowest BCUT2D eigenvalue weighted by Gasteiger charge is -2.04. The van der Waals surface area contributed by atoms with Crippen molar-refractivity contribution in [3.05, 3.63) is 57.1 Å². The summed E-state index contributed by atoms with van der Waals surface area (Å²) < 4.78 is 23.1. The lowest BCUT2D eigenvalue weighted by Crippen LogP contribution is -1.96. The van der Waals surface area contributed by atoms with Crippen molar-refractivity contribution in [2.75, 3.05) is 6.26 Å². The van der Waals surface area contributed by atoms with Gasteiger partial charge in [0.05, 0.1) is 14.3 Å². The van der Waals surface area contributed by atoms with Crippen LogP contribution in [0.4, 0.5) is 5.69 Å². The van der Waals surface area contributed by atoms with E-state index in [4.69, 9.17) is 0 Å². The first-order valence-electron chi connectivity index (χ1n) is 5.53. The Hall–Kier alpha value is -1.73. The van der Waals surface area contributed by atoms with E-state index in [0.29, 0.717) is 4.47 Å². The molecule has 5 nitrogen and oxygen atoms in total. The molecule has 0 aliphatic rings. The van der Waals surface area contributed by atoms with Crippen LogP contribution in [-0.4, -0.2) is 19.6 Å². The van der Waals surface area contributed by atoms with Crippen LogP contribution in [0.5, 0.6) is 0 Å². The average molecular weight is 356 g/mol. The average Bonchev–Trinajstić information content (AvgIpc) is 2.37. The summed E-state index contributed by atoms with van der Waals surface area (Å²) in [6.07, 6.45) is 1.14. The van der Waals surface area contributed by atoms with E-state index in [1.807, 2.05) is 0 Å². The second kappa shape index (κ2) is 5.34. The molecule has 0 aromatic heterocycles. The summed E-state index contributed by atoms with van der Waals surface area (Å²) in [5.41, 5.74) is 1.54. The van der Waals surface area contributed by atoms with Gasteiger partial charge >= 0.3 is 0 Å². The fraction of sp³-hybridized carbons (Fsp3) is 0.0769. The molecule has 0 saturated heterocycles. The highest BCUT2D eigenvalue weighted by Crippen LogP contribution is 2.30. The molecule has 2 aromatic rings. The van der Waals surface area contributed by atoms with Gasteiger partial charge in [-0.25, -0.2) is 8.42 Å². The molecule has 0 radical (unpaired) electrons. The van der Waals surface area contributed by atoms with Crippen LogP contribution < -0.4 is 0 Å². The lowest BCUT2D eigenvalue weighted by molar-refractivity contribution is -0.385. The third-order valence-electron chi connectivity index (χ3n) is 2.76. The molecule has 2 aromatic carbocycles. The van der Waals surface area contributed by atoms with E-state index in [-0.39, 0.29) is 10.6 Å². The molecule has 0 bridgehead atoms. The largest absolute Gasteiger partial charge is 0.283 e. The molecular weight excluding hydrogens is 346 g/mol. The SMILES string of the molecule is CS(=O)(=O)c1ccc(-c2ccc([N+](=O)[O-])c(Br)c2)cc1. The maximum atomic E-state index is 11.4. The monoisotopic (exact) mass is 355 g/mol. The zero-order valence-corrected chi connectivity index (χ0v) is 12.8. The number of nitrogens with zero attached hydrogens (tertiary/aromatic N) is 1. The predicted octanol–water partition coefficient (Wildman–Crippen LogP) is 3.43. The number of halogens is 1. The van der Waals surface area contributed by atoms with Gasteiger partial charge in [-0.3, -0.25) is 10.1 Å². The van der Waals surface area contributed by atoms with Crippen molar-refractivity contribution < 1.29 is 13.3 Å². The first kappa shape index (κ1) is 14.7. The van der Waals surface area contributed by atoms with Crippen LogP contribution >= 0.6 is 15.9 Å². The molecule has 0 aliphatic carbocycles. The van der Waals surface area contributed by atoms with Crippen LogP contribution in [0.2, 0.25) is 0 Å². The van der Waals surface area contributed by atoms with E-state index in [1.165, 1.54) is 18.2 Å². The first-order chi connectivity index (χ1) is 9.29. The highest BCUT2D eigenvalue weighted by molar-refractivity contribution is 9.10. The molecule has 0 unspecified atom stereocenters. The van der Waals surface area contributed by atoms with E-state index in [9.17, 15) is 18.5 Å². The number of hydrogen-bond donors (Lipinski definition) is 0. The Labute approximate surface area is 124 Å². The van der Waals surface area contributed by atoms with Gasteiger partial charge in [-0.15, -0.1) is 0 Å². The predicted molar refractivity (Wildman–Crippen MR) is 79.3 cm³/mol. The van der Waals surface area contributed by atoms with Crippen LogP contribution in [-0.2, 0) is 9.84 Å². The van der Waals surface area contributed by atoms with Gasteiger partial charge < -0.3 is 0 Å². The van der Waals surface area contributed by atoms with Gasteiger partial charge in [0, 0.05) is 12.3 Å². The Morgan fingerprint density at radius 3 is 2.05 bits per heavy atom. The van der Waals surface area contributed by atoms with Crippen molar-refractivity contribution in [2.45, 2.75) is 4.90 Å². The minimum atomic E-state index is -3.23. The van der Waals surface area contributed by atoms with Gasteiger partial charge in [-0.2, -0.15) is 0 Å². The molecule has 0 fully saturated rings. The topological polar surface area (TPSA) is 77.3 Å². The summed E-state index contributed by atoms with van der Waals surface area (Å²) in [6.45, 7) is 0. The molecule has 20 heavy (non-hydrogen) atoms. The molecular formula is C13H10BrNO4S. The maximum Gasteiger partial charge on any atom is 0.283 e. The highest BCUT2D eigenvalue weighted by Gasteiger charge is 2.13. The van der Waals surface area contributed by atoms with Crippen LogP contribution in [0.25, 0.3) is 11.1 Å². The zero-order chi connectivity index (χ0) is 14.9. The number of hydrogen-bond acceptors (Lipinski definition) is 4. The minimum absolute atomic E-state index is 0.0125. The van der Waals surface area contributed by atoms with Crippen LogP contribution in [0, 0.1) is 10.1 Å².